The summed E-state index contributed by atoms with van der Waals surface area (Å²) in [6.45, 7) is 3.50. The first kappa shape index (κ1) is 21.5. The van der Waals surface area contributed by atoms with Gasteiger partial charge in [-0.1, -0.05) is 23.9 Å². The molecule has 0 radical (unpaired) electrons. The predicted molar refractivity (Wildman–Crippen MR) is 118 cm³/mol. The summed E-state index contributed by atoms with van der Waals surface area (Å²) in [5, 5.41) is 16.4. The molecule has 1 unspecified atom stereocenters. The molecule has 2 heterocycles. The number of thioether (sulfide) groups is 1. The fourth-order valence-electron chi connectivity index (χ4n) is 3.82. The van der Waals surface area contributed by atoms with Crippen LogP contribution in [-0.2, 0) is 4.79 Å². The second kappa shape index (κ2) is 8.42. The maximum absolute atomic E-state index is 13.1. The van der Waals surface area contributed by atoms with Gasteiger partial charge in [-0.25, -0.2) is 4.90 Å². The number of carbonyl (C=O) groups excluding carboxylic acids is 1. The van der Waals surface area contributed by atoms with Gasteiger partial charge in [0.15, 0.2) is 0 Å². The van der Waals surface area contributed by atoms with E-state index in [1.54, 1.807) is 37.4 Å². The standard InChI is InChI=1S/C21H19N5O5S/c1-4-31-17-10-9-13(26(29)30)11-15(17)20-24(12(2)27)16-8-6-5-7-14(16)18-19(28)22-21(32-3)23-25(18)20/h5-11,20H,4H2,1-3H3/p+1. The number of hydrogen-bond donors (Lipinski definition) is 1. The predicted octanol–water partition coefficient (Wildman–Crippen LogP) is 2.67. The van der Waals surface area contributed by atoms with Gasteiger partial charge in [0.25, 0.3) is 11.9 Å². The SMILES string of the molecule is CCOc1ccc([N+](=O)[O-])cc1C1N(C(C)=O)c2ccccc2-c2c(=O)[nH]c(SC)n[n+]21. The van der Waals surface area contributed by atoms with E-state index in [2.05, 4.69) is 10.1 Å². The first-order valence-electron chi connectivity index (χ1n) is 9.77. The number of para-hydroxylation sites is 1. The largest absolute Gasteiger partial charge is 0.493 e. The van der Waals surface area contributed by atoms with Crippen molar-refractivity contribution < 1.29 is 19.1 Å². The van der Waals surface area contributed by atoms with E-state index < -0.39 is 11.1 Å². The van der Waals surface area contributed by atoms with Crippen LogP contribution < -0.4 is 19.9 Å². The van der Waals surface area contributed by atoms with Gasteiger partial charge >= 0.3 is 11.3 Å². The molecule has 1 aliphatic heterocycles. The summed E-state index contributed by atoms with van der Waals surface area (Å²) in [6, 6.07) is 11.2. The molecular formula is C21H20N5O5S+. The minimum atomic E-state index is -0.966. The van der Waals surface area contributed by atoms with E-state index >= 15 is 0 Å². The average molecular weight is 454 g/mol. The monoisotopic (exact) mass is 454 g/mol. The second-order valence-electron chi connectivity index (χ2n) is 6.95. The molecule has 1 aliphatic rings. The van der Waals surface area contributed by atoms with E-state index in [-0.39, 0.29) is 22.8 Å². The summed E-state index contributed by atoms with van der Waals surface area (Å²) in [5.74, 6) is 0.0438. The van der Waals surface area contributed by atoms with Crippen molar-refractivity contribution in [2.24, 2.45) is 0 Å². The first-order chi connectivity index (χ1) is 15.4. The number of rotatable bonds is 5. The Morgan fingerprint density at radius 1 is 1.34 bits per heavy atom. The summed E-state index contributed by atoms with van der Waals surface area (Å²) >= 11 is 1.24. The van der Waals surface area contributed by atoms with Crippen molar-refractivity contribution >= 4 is 29.0 Å². The fourth-order valence-corrected chi connectivity index (χ4v) is 4.19. The normalized spacial score (nSPS) is 14.5. The lowest BCUT2D eigenvalue weighted by Gasteiger charge is -2.31. The van der Waals surface area contributed by atoms with Crippen molar-refractivity contribution in [2.75, 3.05) is 17.8 Å². The van der Waals surface area contributed by atoms with Gasteiger partial charge in [0, 0.05) is 24.2 Å². The summed E-state index contributed by atoms with van der Waals surface area (Å²) in [5.41, 5.74) is 1.08. The number of aromatic amines is 1. The zero-order valence-electron chi connectivity index (χ0n) is 17.6. The number of carbonyl (C=O) groups is 1. The maximum Gasteiger partial charge on any atom is 0.325 e. The highest BCUT2D eigenvalue weighted by Crippen LogP contribution is 2.40. The molecule has 10 nitrogen and oxygen atoms in total. The third kappa shape index (κ3) is 3.50. The Morgan fingerprint density at radius 2 is 2.09 bits per heavy atom. The average Bonchev–Trinajstić information content (AvgIpc) is 2.77. The van der Waals surface area contributed by atoms with Gasteiger partial charge in [-0.2, -0.15) is 0 Å². The Hall–Kier alpha value is -3.73. The molecule has 0 saturated heterocycles. The molecule has 1 amide bonds. The van der Waals surface area contributed by atoms with Crippen molar-refractivity contribution in [3.05, 3.63) is 68.5 Å². The van der Waals surface area contributed by atoms with Gasteiger partial charge in [-0.15, -0.1) is 0 Å². The number of benzene rings is 2. The lowest BCUT2D eigenvalue weighted by atomic mass is 10.0. The summed E-state index contributed by atoms with van der Waals surface area (Å²) in [4.78, 5) is 41.2. The van der Waals surface area contributed by atoms with Crippen molar-refractivity contribution in [1.82, 2.24) is 10.1 Å². The van der Waals surface area contributed by atoms with Crippen LogP contribution >= 0.6 is 11.8 Å². The molecule has 1 atom stereocenters. The van der Waals surface area contributed by atoms with Gasteiger partial charge in [0.1, 0.15) is 5.75 Å². The third-order valence-electron chi connectivity index (χ3n) is 5.07. The number of anilines is 1. The molecule has 1 aromatic heterocycles. The van der Waals surface area contributed by atoms with E-state index in [4.69, 9.17) is 4.74 Å². The number of hydrogen-bond acceptors (Lipinski definition) is 7. The zero-order chi connectivity index (χ0) is 23.0. The smallest absolute Gasteiger partial charge is 0.325 e. The van der Waals surface area contributed by atoms with Gasteiger partial charge in [-0.05, 0) is 36.1 Å². The molecule has 11 heteroatoms. The molecule has 164 valence electrons. The van der Waals surface area contributed by atoms with E-state index in [0.717, 1.165) is 0 Å². The van der Waals surface area contributed by atoms with Crippen LogP contribution in [0.5, 0.6) is 5.75 Å². The first-order valence-corrected chi connectivity index (χ1v) is 11.0. The lowest BCUT2D eigenvalue weighted by Crippen LogP contribution is -2.60. The minimum Gasteiger partial charge on any atom is -0.493 e. The molecule has 3 aromatic rings. The van der Waals surface area contributed by atoms with Crippen molar-refractivity contribution in [1.29, 1.82) is 0 Å². The maximum atomic E-state index is 13.1. The summed E-state index contributed by atoms with van der Waals surface area (Å²) < 4.78 is 7.19. The van der Waals surface area contributed by atoms with Crippen LogP contribution in [0, 0.1) is 10.1 Å². The molecule has 0 saturated carbocycles. The number of non-ortho nitro benzene ring substituents is 1. The fraction of sp³-hybridized carbons (Fsp3) is 0.238. The number of H-pyrrole nitrogens is 1. The second-order valence-corrected chi connectivity index (χ2v) is 7.74. The van der Waals surface area contributed by atoms with Crippen LogP contribution in [0.1, 0.15) is 25.6 Å². The Kier molecular flexibility index (Phi) is 5.66. The van der Waals surface area contributed by atoms with Crippen LogP contribution in [0.25, 0.3) is 11.3 Å². The van der Waals surface area contributed by atoms with E-state index in [1.165, 1.54) is 46.5 Å². The van der Waals surface area contributed by atoms with Gasteiger partial charge in [0.2, 0.25) is 11.1 Å². The number of nitrogens with one attached hydrogen (secondary N) is 1. The lowest BCUT2D eigenvalue weighted by molar-refractivity contribution is -0.763. The van der Waals surface area contributed by atoms with Crippen LogP contribution in [0.2, 0.25) is 0 Å². The topological polar surface area (TPSA) is 122 Å². The van der Waals surface area contributed by atoms with Gasteiger partial charge < -0.3 is 4.74 Å². The molecule has 1 N–H and O–H groups in total. The Bertz CT molecular complexity index is 1290. The molecule has 0 bridgehead atoms. The number of fused-ring (bicyclic) bond motifs is 3. The van der Waals surface area contributed by atoms with Crippen LogP contribution in [-0.4, -0.2) is 33.8 Å². The highest BCUT2D eigenvalue weighted by Gasteiger charge is 2.46. The molecule has 32 heavy (non-hydrogen) atoms. The zero-order valence-corrected chi connectivity index (χ0v) is 18.4. The highest BCUT2D eigenvalue weighted by molar-refractivity contribution is 7.98. The molecular weight excluding hydrogens is 434 g/mol. The molecule has 2 aromatic carbocycles. The van der Waals surface area contributed by atoms with Crippen LogP contribution in [0.15, 0.2) is 52.4 Å². The number of aromatic nitrogens is 3. The minimum absolute atomic E-state index is 0.164. The number of nitro benzene ring substituents is 1. The Balaban J connectivity index is 2.12. The molecule has 4 rings (SSSR count). The van der Waals surface area contributed by atoms with Gasteiger partial charge in [-0.3, -0.25) is 24.7 Å². The number of nitrogens with zero attached hydrogens (tertiary/aromatic N) is 4. The Labute approximate surface area is 187 Å². The van der Waals surface area contributed by atoms with Crippen LogP contribution in [0.4, 0.5) is 11.4 Å². The quantitative estimate of drug-likeness (QED) is 0.272. The highest BCUT2D eigenvalue weighted by atomic mass is 32.2. The number of ether oxygens (including phenoxy) is 1. The van der Waals surface area contributed by atoms with Crippen molar-refractivity contribution in [3.63, 3.8) is 0 Å². The third-order valence-corrected chi connectivity index (χ3v) is 5.64. The van der Waals surface area contributed by atoms with Crippen LogP contribution in [0.3, 0.4) is 0 Å². The van der Waals surface area contributed by atoms with E-state index in [1.807, 2.05) is 0 Å². The van der Waals surface area contributed by atoms with Crippen molar-refractivity contribution in [3.8, 4) is 17.0 Å². The molecule has 0 aliphatic carbocycles. The summed E-state index contributed by atoms with van der Waals surface area (Å²) in [7, 11) is 0. The van der Waals surface area contributed by atoms with E-state index in [9.17, 15) is 19.7 Å². The van der Waals surface area contributed by atoms with Crippen molar-refractivity contribution in [2.45, 2.75) is 25.2 Å². The summed E-state index contributed by atoms with van der Waals surface area (Å²) in [6.07, 6.45) is 0.797. The molecule has 0 spiro atoms. The molecule has 0 fully saturated rings. The Morgan fingerprint density at radius 3 is 2.75 bits per heavy atom. The van der Waals surface area contributed by atoms with Gasteiger partial charge in [0.05, 0.1) is 28.3 Å². The number of amides is 1. The number of nitro groups is 1. The van der Waals surface area contributed by atoms with E-state index in [0.29, 0.717) is 34.3 Å².